The summed E-state index contributed by atoms with van der Waals surface area (Å²) >= 11 is 0. The number of nitrogens with zero attached hydrogens (tertiary/aromatic N) is 1. The Morgan fingerprint density at radius 1 is 1.55 bits per heavy atom. The molecule has 2 N–H and O–H groups in total. The molecule has 1 aromatic carbocycles. The molecule has 0 fully saturated rings. The number of fused-ring (bicyclic) bond motifs is 1. The number of hydrogen-bond acceptors (Lipinski definition) is 3. The molecule has 0 unspecified atom stereocenters. The van der Waals surface area contributed by atoms with Gasteiger partial charge in [0.1, 0.15) is 0 Å². The molecular weight excluding hydrogens is 274 g/mol. The van der Waals surface area contributed by atoms with Crippen LogP contribution in [0.15, 0.2) is 24.4 Å². The summed E-state index contributed by atoms with van der Waals surface area (Å²) in [5.41, 5.74) is -3.70. The molecule has 1 heterocycles. The molecule has 1 aromatic heterocycles. The van der Waals surface area contributed by atoms with Gasteiger partial charge in [0.15, 0.2) is 0 Å². The van der Waals surface area contributed by atoms with Gasteiger partial charge in [0.05, 0.1) is 7.08 Å². The van der Waals surface area contributed by atoms with Crippen LogP contribution in [-0.4, -0.2) is 45.9 Å². The molecule has 0 spiro atoms. The predicted octanol–water partition coefficient (Wildman–Crippen LogP) is 1.32. The molecule has 0 aliphatic rings. The first-order chi connectivity index (χ1) is 13.3. The molecule has 20 heavy (non-hydrogen) atoms. The maximum atomic E-state index is 12.1. The fourth-order valence-corrected chi connectivity index (χ4v) is 2.10. The van der Waals surface area contributed by atoms with Crippen LogP contribution in [0.1, 0.15) is 24.8 Å². The third kappa shape index (κ3) is 3.59. The minimum absolute atomic E-state index is 0.132. The van der Waals surface area contributed by atoms with E-state index in [0.29, 0.717) is 0 Å². The van der Waals surface area contributed by atoms with Gasteiger partial charge < -0.3 is 9.88 Å². The van der Waals surface area contributed by atoms with Gasteiger partial charge >= 0.3 is 0 Å². The summed E-state index contributed by atoms with van der Waals surface area (Å²) in [5.74, 6) is 0. The van der Waals surface area contributed by atoms with E-state index in [0.717, 1.165) is 26.2 Å². The molecule has 0 bridgehead atoms. The Hall–Kier alpha value is -1.37. The first-order valence-electron chi connectivity index (χ1n) is 10.6. The van der Waals surface area contributed by atoms with Crippen LogP contribution in [0, 0.1) is 0 Å². The summed E-state index contributed by atoms with van der Waals surface area (Å²) in [7, 11) is -2.53. The van der Waals surface area contributed by atoms with Crippen LogP contribution in [0.5, 0.6) is 0 Å². The Morgan fingerprint density at radius 3 is 3.05 bits per heavy atom. The van der Waals surface area contributed by atoms with Gasteiger partial charge in [0, 0.05) is 35.9 Å². The van der Waals surface area contributed by atoms with Crippen LogP contribution in [0.2, 0.25) is 0 Å². The maximum Gasteiger partial charge on any atom is 0.215 e. The van der Waals surface area contributed by atoms with Crippen LogP contribution in [0.4, 0.5) is 0 Å². The summed E-state index contributed by atoms with van der Waals surface area (Å²) < 4.78 is 105. The highest BCUT2D eigenvalue weighted by molar-refractivity contribution is 7.88. The Labute approximate surface area is 134 Å². The number of aromatic amines is 1. The normalized spacial score (nSPS) is 22.6. The first-order valence-corrected chi connectivity index (χ1v) is 7.11. The minimum atomic E-state index is -4.45. The van der Waals surface area contributed by atoms with E-state index in [1.54, 1.807) is 0 Å². The highest BCUT2D eigenvalue weighted by Crippen LogP contribution is 2.21. The van der Waals surface area contributed by atoms with Gasteiger partial charge in [-0.1, -0.05) is 6.07 Å². The average molecular weight is 305 g/mol. The smallest absolute Gasteiger partial charge is 0.215 e. The van der Waals surface area contributed by atoms with E-state index in [1.165, 1.54) is 6.07 Å². The van der Waals surface area contributed by atoms with Crippen LogP contribution in [0.3, 0.4) is 0 Å². The zero-order chi connectivity index (χ0) is 23.5. The molecular formula is C14H21N3O2S. The van der Waals surface area contributed by atoms with Crippen molar-refractivity contribution in [3.05, 3.63) is 35.5 Å². The van der Waals surface area contributed by atoms with Crippen LogP contribution in [0.25, 0.3) is 10.9 Å². The molecule has 0 aliphatic carbocycles. The maximum absolute atomic E-state index is 12.1. The topological polar surface area (TPSA) is 65.2 Å². The van der Waals surface area contributed by atoms with Gasteiger partial charge in [-0.3, -0.25) is 0 Å². The molecule has 2 rings (SSSR count). The lowest BCUT2D eigenvalue weighted by Crippen LogP contribution is -2.20. The molecule has 0 atom stereocenters. The van der Waals surface area contributed by atoms with E-state index in [2.05, 4.69) is 4.98 Å². The van der Waals surface area contributed by atoms with E-state index in [4.69, 9.17) is 13.7 Å². The monoisotopic (exact) mass is 305 g/mol. The predicted molar refractivity (Wildman–Crippen MR) is 82.2 cm³/mol. The Kier molecular flexibility index (Phi) is 1.96. The van der Waals surface area contributed by atoms with Crippen molar-refractivity contribution in [1.29, 1.82) is 0 Å². The van der Waals surface area contributed by atoms with Crippen molar-refractivity contribution in [2.45, 2.75) is 12.1 Å². The lowest BCUT2D eigenvalue weighted by molar-refractivity contribution is 0.414. The summed E-state index contributed by atoms with van der Waals surface area (Å²) in [4.78, 5) is 2.76. The van der Waals surface area contributed by atoms with Crippen LogP contribution < -0.4 is 4.72 Å². The van der Waals surface area contributed by atoms with Crippen molar-refractivity contribution in [2.24, 2.45) is 0 Å². The standard InChI is InChI=1S/C14H21N3O2S/c1-15-20(18,19)10-11-4-5-14-13(8-11)12(9-16-14)6-7-17(2)3/h4-5,8-9,15-16H,6-7,10H2,1-3H3/i2D3,6D2,7D2,9D,10D2. The van der Waals surface area contributed by atoms with Gasteiger partial charge in [-0.2, -0.15) is 0 Å². The zero-order valence-corrected chi connectivity index (χ0v) is 11.7. The van der Waals surface area contributed by atoms with E-state index in [-0.39, 0.29) is 21.4 Å². The number of aromatic nitrogens is 1. The van der Waals surface area contributed by atoms with Gasteiger partial charge in [0.25, 0.3) is 0 Å². The van der Waals surface area contributed by atoms with E-state index in [9.17, 15) is 8.42 Å². The number of sulfonamides is 1. The van der Waals surface area contributed by atoms with E-state index >= 15 is 0 Å². The van der Waals surface area contributed by atoms with Crippen molar-refractivity contribution in [3.63, 3.8) is 0 Å². The Balaban J connectivity index is 2.78. The summed E-state index contributed by atoms with van der Waals surface area (Å²) in [6.45, 7) is -6.08. The molecule has 6 heteroatoms. The molecule has 5 nitrogen and oxygen atoms in total. The van der Waals surface area contributed by atoms with Gasteiger partial charge in [-0.05, 0) is 50.7 Å². The summed E-state index contributed by atoms with van der Waals surface area (Å²) in [6, 6.07) is 3.40. The average Bonchev–Trinajstić information content (AvgIpc) is 2.95. The molecule has 0 saturated carbocycles. The lowest BCUT2D eigenvalue weighted by Gasteiger charge is -2.08. The fraction of sp³-hybridized carbons (Fsp3) is 0.429. The molecule has 0 amide bonds. The number of benzene rings is 1. The molecule has 0 radical (unpaired) electrons. The van der Waals surface area contributed by atoms with Crippen molar-refractivity contribution in [1.82, 2.24) is 14.6 Å². The van der Waals surface area contributed by atoms with Crippen molar-refractivity contribution in [3.8, 4) is 0 Å². The number of hydrogen-bond donors (Lipinski definition) is 2. The quantitative estimate of drug-likeness (QED) is 0.846. The number of aryl methyl sites for hydroxylation is 1. The highest BCUT2D eigenvalue weighted by atomic mass is 32.2. The summed E-state index contributed by atoms with van der Waals surface area (Å²) in [6.07, 6.45) is -3.59. The van der Waals surface area contributed by atoms with E-state index < -0.39 is 47.3 Å². The molecule has 0 aliphatic heterocycles. The third-order valence-electron chi connectivity index (χ3n) is 2.48. The van der Waals surface area contributed by atoms with Gasteiger partial charge in [0.2, 0.25) is 10.0 Å². The molecule has 0 saturated heterocycles. The lowest BCUT2D eigenvalue weighted by atomic mass is 10.1. The second-order valence-corrected chi connectivity index (χ2v) is 5.61. The third-order valence-corrected chi connectivity index (χ3v) is 3.52. The highest BCUT2D eigenvalue weighted by Gasteiger charge is 2.11. The second-order valence-electron chi connectivity index (χ2n) is 3.99. The van der Waals surface area contributed by atoms with Crippen LogP contribution >= 0.6 is 0 Å². The summed E-state index contributed by atoms with van der Waals surface area (Å²) in [5, 5.41) is -0.138. The number of likely N-dealkylation sites (N-methyl/N-ethyl adjacent to an activating group) is 1. The second kappa shape index (κ2) is 5.95. The number of nitrogens with one attached hydrogen (secondary N) is 2. The van der Waals surface area contributed by atoms with Crippen molar-refractivity contribution < 1.29 is 22.1 Å². The molecule has 110 valence electrons. The largest absolute Gasteiger partial charge is 0.361 e. The molecule has 2 aromatic rings. The van der Waals surface area contributed by atoms with E-state index in [1.807, 2.05) is 4.72 Å². The minimum Gasteiger partial charge on any atom is -0.361 e. The van der Waals surface area contributed by atoms with Crippen molar-refractivity contribution >= 4 is 20.9 Å². The van der Waals surface area contributed by atoms with Gasteiger partial charge in [-0.15, -0.1) is 0 Å². The number of H-pyrrole nitrogens is 1. The Bertz CT molecular complexity index is 1060. The number of rotatable bonds is 6. The Morgan fingerprint density at radius 2 is 2.35 bits per heavy atom. The fourth-order valence-electron chi connectivity index (χ4n) is 1.57. The van der Waals surface area contributed by atoms with Crippen LogP contribution in [-0.2, 0) is 22.1 Å². The van der Waals surface area contributed by atoms with Gasteiger partial charge in [-0.25, -0.2) is 13.1 Å². The zero-order valence-electron chi connectivity index (χ0n) is 20.9. The first kappa shape index (κ1) is 6.60. The SMILES string of the molecule is [2H]c1[nH]c2ccc(C([2H])([2H])S(=O)(=O)NC)cc2c1C([2H])([2H])C([2H])([2H])N(C)C([2H])([2H])[2H]. The van der Waals surface area contributed by atoms with Crippen molar-refractivity contribution in [2.75, 3.05) is 27.6 Å².